The van der Waals surface area contributed by atoms with Crippen molar-refractivity contribution in [3.63, 3.8) is 0 Å². The third-order valence-electron chi connectivity index (χ3n) is 0.683. The molecule has 0 rings (SSSR count). The molecule has 0 radical (unpaired) electrons. The fraction of sp³-hybridized carbons (Fsp3) is 0.667. The van der Waals surface area contributed by atoms with Crippen molar-refractivity contribution in [1.82, 2.24) is 4.90 Å². The van der Waals surface area contributed by atoms with Crippen LogP contribution in [0.4, 0.5) is 4.79 Å². The first kappa shape index (κ1) is 9.18. The Hall–Kier alpha value is -0.820. The van der Waals surface area contributed by atoms with Crippen LogP contribution >= 0.6 is 0 Å². The molecule has 0 fully saturated rings. The largest absolute Gasteiger partial charge is 0.465 e. The maximum Gasteiger partial charge on any atom is 0.407 e. The summed E-state index contributed by atoms with van der Waals surface area (Å²) in [6.45, 7) is 0. The second kappa shape index (κ2) is 2.84. The summed E-state index contributed by atoms with van der Waals surface area (Å²) in [5.74, 6) is -0.900. The predicted molar refractivity (Wildman–Crippen MR) is 32.2 cm³/mol. The molecule has 0 aliphatic carbocycles. The minimum atomic E-state index is -4.22. The van der Waals surface area contributed by atoms with E-state index >= 15 is 0 Å². The topological polar surface area (TPSA) is 94.9 Å². The zero-order valence-electron chi connectivity index (χ0n) is 5.18. The van der Waals surface area contributed by atoms with Gasteiger partial charge in [0.1, 0.15) is 0 Å². The summed E-state index contributed by atoms with van der Waals surface area (Å²) in [5, 5.41) is 8.10. The highest BCUT2D eigenvalue weighted by Gasteiger charge is 2.13. The summed E-state index contributed by atoms with van der Waals surface area (Å²) in [6, 6.07) is 0. The quantitative estimate of drug-likeness (QED) is 0.540. The number of nitrogens with zero attached hydrogens (tertiary/aromatic N) is 1. The Balaban J connectivity index is 4.06. The van der Waals surface area contributed by atoms with Gasteiger partial charge in [0.15, 0.2) is 5.88 Å². The molecule has 0 atom stereocenters. The van der Waals surface area contributed by atoms with Gasteiger partial charge in [-0.05, 0) is 0 Å². The number of amides is 1. The van der Waals surface area contributed by atoms with Gasteiger partial charge in [-0.2, -0.15) is 8.42 Å². The zero-order valence-corrected chi connectivity index (χ0v) is 6.00. The van der Waals surface area contributed by atoms with Gasteiger partial charge in [0.2, 0.25) is 0 Å². The van der Waals surface area contributed by atoms with Crippen molar-refractivity contribution in [3.05, 3.63) is 0 Å². The monoisotopic (exact) mass is 169 g/mol. The third-order valence-corrected chi connectivity index (χ3v) is 1.40. The van der Waals surface area contributed by atoms with Gasteiger partial charge < -0.3 is 5.11 Å². The smallest absolute Gasteiger partial charge is 0.407 e. The molecule has 1 amide bonds. The number of carboxylic acid groups (broad SMARTS) is 1. The molecule has 0 aliphatic heterocycles. The van der Waals surface area contributed by atoms with Crippen molar-refractivity contribution < 1.29 is 22.9 Å². The van der Waals surface area contributed by atoms with Gasteiger partial charge in [-0.1, -0.05) is 0 Å². The van der Waals surface area contributed by atoms with Crippen LogP contribution in [0, 0.1) is 0 Å². The van der Waals surface area contributed by atoms with E-state index in [-0.39, 0.29) is 0 Å². The van der Waals surface area contributed by atoms with Gasteiger partial charge in [0, 0.05) is 7.05 Å². The molecule has 0 saturated carbocycles. The summed E-state index contributed by atoms with van der Waals surface area (Å²) in [5.41, 5.74) is 0. The first-order valence-corrected chi connectivity index (χ1v) is 3.83. The maximum absolute atomic E-state index is 10.00. The minimum Gasteiger partial charge on any atom is -0.465 e. The minimum absolute atomic E-state index is 0.454. The van der Waals surface area contributed by atoms with Crippen LogP contribution < -0.4 is 0 Å². The van der Waals surface area contributed by atoms with Gasteiger partial charge in [-0.25, -0.2) is 4.79 Å². The Labute approximate surface area is 57.8 Å². The lowest BCUT2D eigenvalue weighted by Crippen LogP contribution is -2.30. The summed E-state index contributed by atoms with van der Waals surface area (Å²) in [6.07, 6.45) is -1.40. The molecule has 0 aromatic carbocycles. The molecule has 0 aromatic rings. The average Bonchev–Trinajstić information content (AvgIpc) is 1.60. The molecule has 0 aliphatic rings. The molecule has 60 valence electrons. The van der Waals surface area contributed by atoms with E-state index in [4.69, 9.17) is 9.66 Å². The van der Waals surface area contributed by atoms with Crippen molar-refractivity contribution in [1.29, 1.82) is 0 Å². The van der Waals surface area contributed by atoms with Crippen LogP contribution in [-0.2, 0) is 10.1 Å². The van der Waals surface area contributed by atoms with Crippen LogP contribution in [0.25, 0.3) is 0 Å². The SMILES string of the molecule is CN(CS(=O)(=O)O)C(=O)O. The second-order valence-corrected chi connectivity index (χ2v) is 3.11. The highest BCUT2D eigenvalue weighted by molar-refractivity contribution is 7.85. The number of rotatable bonds is 2. The van der Waals surface area contributed by atoms with Crippen LogP contribution in [0.1, 0.15) is 0 Å². The second-order valence-electron chi connectivity index (χ2n) is 1.69. The summed E-state index contributed by atoms with van der Waals surface area (Å²) in [7, 11) is -3.19. The standard InChI is InChI=1S/C3H7NO5S/c1-4(3(5)6)2-10(7,8)9/h2H2,1H3,(H,5,6)(H,7,8,9). The first-order chi connectivity index (χ1) is 4.33. The molecule has 0 aromatic heterocycles. The van der Waals surface area contributed by atoms with Crippen LogP contribution in [0.3, 0.4) is 0 Å². The molecule has 0 spiro atoms. The van der Waals surface area contributed by atoms with E-state index in [0.717, 1.165) is 7.05 Å². The van der Waals surface area contributed by atoms with E-state index in [1.54, 1.807) is 0 Å². The van der Waals surface area contributed by atoms with E-state index in [2.05, 4.69) is 0 Å². The van der Waals surface area contributed by atoms with Gasteiger partial charge >= 0.3 is 6.09 Å². The summed E-state index contributed by atoms with van der Waals surface area (Å²) >= 11 is 0. The number of carbonyl (C=O) groups is 1. The lowest BCUT2D eigenvalue weighted by molar-refractivity contribution is 0.161. The van der Waals surface area contributed by atoms with Gasteiger partial charge in [0.25, 0.3) is 10.1 Å². The first-order valence-electron chi connectivity index (χ1n) is 2.22. The lowest BCUT2D eigenvalue weighted by Gasteiger charge is -2.08. The molecule has 2 N–H and O–H groups in total. The van der Waals surface area contributed by atoms with Gasteiger partial charge in [0.05, 0.1) is 0 Å². The van der Waals surface area contributed by atoms with E-state index in [1.165, 1.54) is 0 Å². The highest BCUT2D eigenvalue weighted by atomic mass is 32.2. The molecule has 0 bridgehead atoms. The molecular weight excluding hydrogens is 162 g/mol. The van der Waals surface area contributed by atoms with Gasteiger partial charge in [-0.15, -0.1) is 0 Å². The van der Waals surface area contributed by atoms with E-state index in [0.29, 0.717) is 4.90 Å². The molecule has 0 heterocycles. The normalized spacial score (nSPS) is 11.0. The Bertz CT molecular complexity index is 219. The van der Waals surface area contributed by atoms with Gasteiger partial charge in [-0.3, -0.25) is 9.45 Å². The van der Waals surface area contributed by atoms with Crippen molar-refractivity contribution in [2.24, 2.45) is 0 Å². The fourth-order valence-corrected chi connectivity index (χ4v) is 0.900. The van der Waals surface area contributed by atoms with E-state index in [9.17, 15) is 13.2 Å². The van der Waals surface area contributed by atoms with Crippen LogP contribution in [-0.4, -0.2) is 42.0 Å². The van der Waals surface area contributed by atoms with Crippen molar-refractivity contribution in [2.75, 3.05) is 12.9 Å². The van der Waals surface area contributed by atoms with Crippen molar-refractivity contribution >= 4 is 16.2 Å². The Morgan fingerprint density at radius 3 is 2.10 bits per heavy atom. The average molecular weight is 169 g/mol. The Morgan fingerprint density at radius 1 is 1.60 bits per heavy atom. The molecule has 0 unspecified atom stereocenters. The number of hydrogen-bond acceptors (Lipinski definition) is 3. The molecule has 6 nitrogen and oxygen atoms in total. The lowest BCUT2D eigenvalue weighted by atomic mass is 10.9. The Morgan fingerprint density at radius 2 is 2.00 bits per heavy atom. The van der Waals surface area contributed by atoms with Crippen LogP contribution in [0.2, 0.25) is 0 Å². The summed E-state index contributed by atoms with van der Waals surface area (Å²) < 4.78 is 28.1. The fourth-order valence-electron chi connectivity index (χ4n) is 0.300. The van der Waals surface area contributed by atoms with Crippen molar-refractivity contribution in [2.45, 2.75) is 0 Å². The van der Waals surface area contributed by atoms with Crippen LogP contribution in [0.5, 0.6) is 0 Å². The van der Waals surface area contributed by atoms with Crippen molar-refractivity contribution in [3.8, 4) is 0 Å². The molecule has 10 heavy (non-hydrogen) atoms. The number of hydrogen-bond donors (Lipinski definition) is 2. The maximum atomic E-state index is 10.00. The molecule has 0 saturated heterocycles. The summed E-state index contributed by atoms with van der Waals surface area (Å²) in [4.78, 5) is 10.4. The highest BCUT2D eigenvalue weighted by Crippen LogP contribution is 1.88. The van der Waals surface area contributed by atoms with Crippen LogP contribution in [0.15, 0.2) is 0 Å². The van der Waals surface area contributed by atoms with E-state index < -0.39 is 22.1 Å². The van der Waals surface area contributed by atoms with E-state index in [1.807, 2.05) is 0 Å². The Kier molecular flexibility index (Phi) is 2.61. The zero-order chi connectivity index (χ0) is 8.36. The molecule has 7 heteroatoms. The predicted octanol–water partition coefficient (Wildman–Crippen LogP) is -0.558. The molecular formula is C3H7NO5S. The third kappa shape index (κ3) is 4.10.